The van der Waals surface area contributed by atoms with Gasteiger partial charge in [-0.2, -0.15) is 5.10 Å². The quantitative estimate of drug-likeness (QED) is 0.519. The Kier molecular flexibility index (Phi) is 7.11. The number of unbranched alkanes of at least 4 members (excludes halogenated alkanes) is 1. The lowest BCUT2D eigenvalue weighted by Gasteiger charge is -2.36. The molecule has 0 unspecified atom stereocenters. The molecular weight excluding hydrogens is 406 g/mol. The maximum atomic E-state index is 12.6. The normalized spacial score (nSPS) is 14.5. The largest absolute Gasteiger partial charge is 0.495 e. The van der Waals surface area contributed by atoms with Gasteiger partial charge in [0.2, 0.25) is 0 Å². The minimum absolute atomic E-state index is 0.198. The van der Waals surface area contributed by atoms with Crippen LogP contribution in [0.5, 0.6) is 11.5 Å². The number of pyridine rings is 1. The predicted octanol–water partition coefficient (Wildman–Crippen LogP) is 2.68. The van der Waals surface area contributed by atoms with E-state index in [0.29, 0.717) is 18.0 Å². The number of benzene rings is 1. The number of aromatic nitrogens is 2. The Morgan fingerprint density at radius 1 is 1.00 bits per heavy atom. The molecule has 8 heteroatoms. The maximum absolute atomic E-state index is 12.6. The smallest absolute Gasteiger partial charge is 0.275 e. The van der Waals surface area contributed by atoms with Crippen LogP contribution in [-0.4, -0.2) is 73.9 Å². The molecule has 1 fully saturated rings. The van der Waals surface area contributed by atoms with Crippen molar-refractivity contribution >= 4 is 17.1 Å². The molecule has 1 aliphatic rings. The van der Waals surface area contributed by atoms with Gasteiger partial charge in [0.05, 0.1) is 19.9 Å². The number of amides is 1. The molecule has 3 heterocycles. The zero-order valence-corrected chi connectivity index (χ0v) is 18.8. The van der Waals surface area contributed by atoms with Gasteiger partial charge in [0.1, 0.15) is 11.3 Å². The van der Waals surface area contributed by atoms with Crippen molar-refractivity contribution < 1.29 is 14.3 Å². The number of carbonyl (C=O) groups excluding carboxylic acids is 1. The van der Waals surface area contributed by atoms with Gasteiger partial charge in [-0.25, -0.2) is 4.52 Å². The van der Waals surface area contributed by atoms with Crippen LogP contribution in [0.2, 0.25) is 0 Å². The zero-order chi connectivity index (χ0) is 22.3. The van der Waals surface area contributed by atoms with E-state index in [2.05, 4.69) is 32.3 Å². The second-order valence-corrected chi connectivity index (χ2v) is 7.88. The first-order valence-corrected chi connectivity index (χ1v) is 11.1. The monoisotopic (exact) mass is 437 g/mol. The van der Waals surface area contributed by atoms with Gasteiger partial charge in [0.25, 0.3) is 5.91 Å². The van der Waals surface area contributed by atoms with Crippen molar-refractivity contribution in [3.8, 4) is 11.5 Å². The summed E-state index contributed by atoms with van der Waals surface area (Å²) in [7, 11) is 3.29. The standard InChI is InChI=1S/C24H31N5O3/c1-31-21-11-4-3-9-19(21)28-17-15-27(16-18-28)13-8-6-12-25-24(30)22-23(32-2)20-10-5-7-14-29(20)26-22/h3-5,7,9-11,14H,6,8,12-13,15-18H2,1-2H3,(H,25,30). The third-order valence-corrected chi connectivity index (χ3v) is 5.90. The van der Waals surface area contributed by atoms with Crippen molar-refractivity contribution in [2.75, 3.05) is 58.4 Å². The van der Waals surface area contributed by atoms with E-state index in [1.807, 2.05) is 36.5 Å². The second-order valence-electron chi connectivity index (χ2n) is 7.88. The number of fused-ring (bicyclic) bond motifs is 1. The highest BCUT2D eigenvalue weighted by Crippen LogP contribution is 2.28. The number of methoxy groups -OCH3 is 2. The Balaban J connectivity index is 1.19. The Bertz CT molecular complexity index is 1040. The average Bonchev–Trinajstić information content (AvgIpc) is 3.23. The lowest BCUT2D eigenvalue weighted by Crippen LogP contribution is -2.46. The van der Waals surface area contributed by atoms with Crippen molar-refractivity contribution in [1.82, 2.24) is 19.8 Å². The Hall–Kier alpha value is -3.26. The van der Waals surface area contributed by atoms with Crippen molar-refractivity contribution in [2.24, 2.45) is 0 Å². The minimum Gasteiger partial charge on any atom is -0.495 e. The molecule has 8 nitrogen and oxygen atoms in total. The highest BCUT2D eigenvalue weighted by Gasteiger charge is 2.21. The van der Waals surface area contributed by atoms with Gasteiger partial charge in [-0.15, -0.1) is 0 Å². The van der Waals surface area contributed by atoms with Crippen molar-refractivity contribution in [2.45, 2.75) is 12.8 Å². The topological polar surface area (TPSA) is 71.3 Å². The van der Waals surface area contributed by atoms with Crippen molar-refractivity contribution in [1.29, 1.82) is 0 Å². The molecule has 0 spiro atoms. The molecule has 170 valence electrons. The van der Waals surface area contributed by atoms with Gasteiger partial charge < -0.3 is 19.7 Å². The van der Waals surface area contributed by atoms with Gasteiger partial charge in [-0.05, 0) is 43.7 Å². The van der Waals surface area contributed by atoms with E-state index in [1.54, 1.807) is 18.7 Å². The summed E-state index contributed by atoms with van der Waals surface area (Å²) in [4.78, 5) is 17.5. The summed E-state index contributed by atoms with van der Waals surface area (Å²) < 4.78 is 12.6. The highest BCUT2D eigenvalue weighted by molar-refractivity contribution is 5.97. The van der Waals surface area contributed by atoms with E-state index in [1.165, 1.54) is 5.69 Å². The number of hydrogen-bond donors (Lipinski definition) is 1. The van der Waals surface area contributed by atoms with E-state index in [9.17, 15) is 4.79 Å². The molecule has 1 aliphatic heterocycles. The lowest BCUT2D eigenvalue weighted by atomic mass is 10.2. The molecule has 0 bridgehead atoms. The summed E-state index contributed by atoms with van der Waals surface area (Å²) in [6.45, 7) is 5.70. The fraction of sp³-hybridized carbons (Fsp3) is 0.417. The molecule has 3 aromatic rings. The first-order valence-electron chi connectivity index (χ1n) is 11.1. The number of piperazine rings is 1. The summed E-state index contributed by atoms with van der Waals surface area (Å²) in [5, 5.41) is 7.34. The lowest BCUT2D eigenvalue weighted by molar-refractivity contribution is 0.0944. The van der Waals surface area contributed by atoms with Crippen LogP contribution in [0.3, 0.4) is 0 Å². The first-order chi connectivity index (χ1) is 15.7. The number of anilines is 1. The molecule has 32 heavy (non-hydrogen) atoms. The third kappa shape index (κ3) is 4.80. The molecule has 0 saturated carbocycles. The number of para-hydroxylation sites is 2. The van der Waals surface area contributed by atoms with Crippen molar-refractivity contribution in [3.05, 3.63) is 54.4 Å². The molecule has 4 rings (SSSR count). The van der Waals surface area contributed by atoms with E-state index >= 15 is 0 Å². The van der Waals surface area contributed by atoms with E-state index in [-0.39, 0.29) is 5.91 Å². The Morgan fingerprint density at radius 2 is 1.78 bits per heavy atom. The Labute approximate surface area is 188 Å². The predicted molar refractivity (Wildman–Crippen MR) is 125 cm³/mol. The summed E-state index contributed by atoms with van der Waals surface area (Å²) in [6.07, 6.45) is 3.77. The summed E-state index contributed by atoms with van der Waals surface area (Å²) in [6, 6.07) is 13.8. The van der Waals surface area contributed by atoms with Crippen LogP contribution in [-0.2, 0) is 0 Å². The number of nitrogens with zero attached hydrogens (tertiary/aromatic N) is 4. The molecule has 1 aromatic carbocycles. The number of nitrogens with one attached hydrogen (secondary N) is 1. The van der Waals surface area contributed by atoms with E-state index in [4.69, 9.17) is 9.47 Å². The molecule has 0 atom stereocenters. The second kappa shape index (κ2) is 10.4. The van der Waals surface area contributed by atoms with Crippen LogP contribution < -0.4 is 19.7 Å². The fourth-order valence-corrected chi connectivity index (χ4v) is 4.18. The fourth-order valence-electron chi connectivity index (χ4n) is 4.18. The van der Waals surface area contributed by atoms with E-state index < -0.39 is 0 Å². The van der Waals surface area contributed by atoms with Gasteiger partial charge in [0.15, 0.2) is 11.4 Å². The Morgan fingerprint density at radius 3 is 2.56 bits per heavy atom. The molecule has 0 radical (unpaired) electrons. The van der Waals surface area contributed by atoms with Crippen LogP contribution in [0.15, 0.2) is 48.7 Å². The highest BCUT2D eigenvalue weighted by atomic mass is 16.5. The maximum Gasteiger partial charge on any atom is 0.275 e. The summed E-state index contributed by atoms with van der Waals surface area (Å²) in [5.74, 6) is 1.24. The van der Waals surface area contributed by atoms with Crippen LogP contribution in [0.1, 0.15) is 23.3 Å². The molecule has 0 aliphatic carbocycles. The molecule has 1 saturated heterocycles. The van der Waals surface area contributed by atoms with E-state index in [0.717, 1.165) is 56.8 Å². The molecule has 1 amide bonds. The molecular formula is C24H31N5O3. The molecule has 2 aromatic heterocycles. The van der Waals surface area contributed by atoms with Gasteiger partial charge >= 0.3 is 0 Å². The van der Waals surface area contributed by atoms with Gasteiger partial charge in [0, 0.05) is 38.9 Å². The number of hydrogen-bond acceptors (Lipinski definition) is 6. The van der Waals surface area contributed by atoms with Crippen LogP contribution in [0.4, 0.5) is 5.69 Å². The molecule has 1 N–H and O–H groups in total. The van der Waals surface area contributed by atoms with Gasteiger partial charge in [-0.1, -0.05) is 18.2 Å². The summed E-state index contributed by atoms with van der Waals surface area (Å²) in [5.41, 5.74) is 2.28. The number of carbonyl (C=O) groups is 1. The van der Waals surface area contributed by atoms with Gasteiger partial charge in [-0.3, -0.25) is 9.69 Å². The first kappa shape index (κ1) is 22.0. The van der Waals surface area contributed by atoms with Crippen LogP contribution in [0, 0.1) is 0 Å². The SMILES string of the molecule is COc1ccccc1N1CCN(CCCCNC(=O)c2nn3ccccc3c2OC)CC1. The van der Waals surface area contributed by atoms with Crippen LogP contribution in [0.25, 0.3) is 5.52 Å². The number of ether oxygens (including phenoxy) is 2. The minimum atomic E-state index is -0.198. The zero-order valence-electron chi connectivity index (χ0n) is 18.8. The van der Waals surface area contributed by atoms with Crippen molar-refractivity contribution in [3.63, 3.8) is 0 Å². The van der Waals surface area contributed by atoms with Crippen LogP contribution >= 0.6 is 0 Å². The average molecular weight is 438 g/mol. The summed E-state index contributed by atoms with van der Waals surface area (Å²) >= 11 is 0. The third-order valence-electron chi connectivity index (χ3n) is 5.90. The number of rotatable bonds is 9.